The SMILES string of the molecule is CCCCOc1ccc(N(Cc2cncc(-c3cc(OC)c(OC)c(C4CC4)c3)c2)C2CCN(C/C(C)=C/C(=C\N)c3cc(CCC)c(CCC)c(OC)c3)CC2)cc1. The van der Waals surface area contributed by atoms with E-state index in [2.05, 4.69) is 98.2 Å². The van der Waals surface area contributed by atoms with Crippen molar-refractivity contribution in [1.29, 1.82) is 0 Å². The van der Waals surface area contributed by atoms with Crippen LogP contribution >= 0.6 is 0 Å². The molecule has 0 bridgehead atoms. The summed E-state index contributed by atoms with van der Waals surface area (Å²) in [6.45, 7) is 13.3. The van der Waals surface area contributed by atoms with Crippen LogP contribution in [0.1, 0.15) is 113 Å². The Labute approximate surface area is 354 Å². The fourth-order valence-electron chi connectivity index (χ4n) is 8.64. The van der Waals surface area contributed by atoms with Gasteiger partial charge in [0.1, 0.15) is 11.5 Å². The van der Waals surface area contributed by atoms with E-state index in [1.54, 1.807) is 27.5 Å². The minimum atomic E-state index is 0.374. The van der Waals surface area contributed by atoms with E-state index >= 15 is 0 Å². The molecule has 0 amide bonds. The van der Waals surface area contributed by atoms with E-state index in [1.807, 2.05) is 12.4 Å². The summed E-state index contributed by atoms with van der Waals surface area (Å²) in [4.78, 5) is 9.95. The van der Waals surface area contributed by atoms with Crippen LogP contribution < -0.4 is 29.6 Å². The number of aromatic nitrogens is 1. The Morgan fingerprint density at radius 3 is 2.22 bits per heavy atom. The monoisotopic (exact) mass is 801 g/mol. The lowest BCUT2D eigenvalue weighted by Gasteiger charge is -2.40. The molecular formula is C51H68N4O4. The molecule has 8 nitrogen and oxygen atoms in total. The fourth-order valence-corrected chi connectivity index (χ4v) is 8.64. The minimum Gasteiger partial charge on any atom is -0.496 e. The summed E-state index contributed by atoms with van der Waals surface area (Å²) >= 11 is 0. The van der Waals surface area contributed by atoms with Gasteiger partial charge in [0, 0.05) is 67.6 Å². The Morgan fingerprint density at radius 2 is 1.58 bits per heavy atom. The maximum absolute atomic E-state index is 6.31. The smallest absolute Gasteiger partial charge is 0.164 e. The lowest BCUT2D eigenvalue weighted by atomic mass is 9.93. The molecule has 0 spiro atoms. The van der Waals surface area contributed by atoms with Crippen LogP contribution in [0.5, 0.6) is 23.0 Å². The Bertz CT molecular complexity index is 2030. The summed E-state index contributed by atoms with van der Waals surface area (Å²) in [5, 5.41) is 0. The number of benzene rings is 3. The summed E-state index contributed by atoms with van der Waals surface area (Å²) < 4.78 is 23.6. The first kappa shape index (κ1) is 43.6. The molecule has 6 rings (SSSR count). The van der Waals surface area contributed by atoms with E-state index in [0.717, 1.165) is 129 Å². The number of hydrogen-bond donors (Lipinski definition) is 1. The second kappa shape index (κ2) is 21.3. The molecule has 1 aliphatic carbocycles. The largest absolute Gasteiger partial charge is 0.496 e. The van der Waals surface area contributed by atoms with E-state index in [1.165, 1.54) is 46.4 Å². The molecule has 0 unspecified atom stereocenters. The van der Waals surface area contributed by atoms with Crippen molar-refractivity contribution in [2.75, 3.05) is 52.5 Å². The maximum atomic E-state index is 6.31. The number of aryl methyl sites for hydroxylation is 1. The first-order chi connectivity index (χ1) is 28.8. The molecule has 4 aromatic rings. The lowest BCUT2D eigenvalue weighted by Crippen LogP contribution is -2.45. The van der Waals surface area contributed by atoms with E-state index in [0.29, 0.717) is 12.0 Å². The highest BCUT2D eigenvalue weighted by Gasteiger charge is 2.30. The highest BCUT2D eigenvalue weighted by molar-refractivity contribution is 5.76. The van der Waals surface area contributed by atoms with Crippen molar-refractivity contribution in [1.82, 2.24) is 9.88 Å². The van der Waals surface area contributed by atoms with Crippen LogP contribution in [0, 0.1) is 0 Å². The fraction of sp³-hybridized carbons (Fsp3) is 0.471. The zero-order valence-corrected chi connectivity index (χ0v) is 36.8. The number of unbranched alkanes of at least 4 members (excludes halogenated alkanes) is 1. The highest BCUT2D eigenvalue weighted by atomic mass is 16.5. The number of anilines is 1. The van der Waals surface area contributed by atoms with Crippen molar-refractivity contribution in [3.05, 3.63) is 113 Å². The summed E-state index contributed by atoms with van der Waals surface area (Å²) in [5.41, 5.74) is 18.3. The normalized spacial score (nSPS) is 15.3. The number of hydrogen-bond acceptors (Lipinski definition) is 8. The number of methoxy groups -OCH3 is 3. The van der Waals surface area contributed by atoms with E-state index in [9.17, 15) is 0 Å². The molecule has 1 saturated heterocycles. The third kappa shape index (κ3) is 11.2. The topological polar surface area (TPSA) is 82.3 Å². The number of nitrogens with zero attached hydrogens (tertiary/aromatic N) is 3. The van der Waals surface area contributed by atoms with Gasteiger partial charge in [0.05, 0.1) is 27.9 Å². The molecule has 0 radical (unpaired) electrons. The van der Waals surface area contributed by atoms with Gasteiger partial charge in [0.25, 0.3) is 0 Å². The summed E-state index contributed by atoms with van der Waals surface area (Å²) in [6.07, 6.45) is 18.9. The zero-order valence-electron chi connectivity index (χ0n) is 36.8. The summed E-state index contributed by atoms with van der Waals surface area (Å²) in [7, 11) is 5.23. The molecule has 2 heterocycles. The number of piperidine rings is 1. The summed E-state index contributed by atoms with van der Waals surface area (Å²) in [5.74, 6) is 4.03. The van der Waals surface area contributed by atoms with Gasteiger partial charge in [-0.1, -0.05) is 57.7 Å². The number of likely N-dealkylation sites (tertiary alicyclic amines) is 1. The third-order valence-electron chi connectivity index (χ3n) is 11.9. The second-order valence-electron chi connectivity index (χ2n) is 16.4. The van der Waals surface area contributed by atoms with Crippen LogP contribution in [0.2, 0.25) is 0 Å². The number of ether oxygens (including phenoxy) is 4. The van der Waals surface area contributed by atoms with Gasteiger partial charge in [0.2, 0.25) is 0 Å². The summed E-state index contributed by atoms with van der Waals surface area (Å²) in [6, 6.07) is 20.2. The predicted molar refractivity (Wildman–Crippen MR) is 244 cm³/mol. The highest BCUT2D eigenvalue weighted by Crippen LogP contribution is 2.49. The Kier molecular flexibility index (Phi) is 15.8. The van der Waals surface area contributed by atoms with Crippen LogP contribution in [-0.4, -0.2) is 63.5 Å². The van der Waals surface area contributed by atoms with Gasteiger partial charge >= 0.3 is 0 Å². The van der Waals surface area contributed by atoms with Crippen molar-refractivity contribution in [3.8, 4) is 34.1 Å². The van der Waals surface area contributed by atoms with Gasteiger partial charge in [0.15, 0.2) is 11.5 Å². The van der Waals surface area contributed by atoms with Gasteiger partial charge in [-0.15, -0.1) is 0 Å². The van der Waals surface area contributed by atoms with Gasteiger partial charge in [-0.05, 0) is 140 Å². The molecule has 0 atom stereocenters. The average molecular weight is 801 g/mol. The van der Waals surface area contributed by atoms with E-state index in [4.69, 9.17) is 29.7 Å². The molecule has 2 N–H and O–H groups in total. The van der Waals surface area contributed by atoms with Crippen LogP contribution in [0.25, 0.3) is 16.7 Å². The van der Waals surface area contributed by atoms with Crippen molar-refractivity contribution in [2.24, 2.45) is 5.73 Å². The zero-order chi connectivity index (χ0) is 41.7. The van der Waals surface area contributed by atoms with Crippen molar-refractivity contribution in [3.63, 3.8) is 0 Å². The Balaban J connectivity index is 1.19. The first-order valence-electron chi connectivity index (χ1n) is 22.0. The van der Waals surface area contributed by atoms with Crippen LogP contribution in [0.4, 0.5) is 5.69 Å². The minimum absolute atomic E-state index is 0.374. The molecule has 316 valence electrons. The molecule has 2 aliphatic rings. The van der Waals surface area contributed by atoms with Crippen molar-refractivity contribution in [2.45, 2.75) is 110 Å². The average Bonchev–Trinajstić information content (AvgIpc) is 4.12. The number of nitrogens with two attached hydrogens (primary N) is 1. The number of rotatable bonds is 21. The van der Waals surface area contributed by atoms with Crippen LogP contribution in [0.15, 0.2) is 84.8 Å². The number of allylic oxidation sites excluding steroid dienone is 2. The van der Waals surface area contributed by atoms with Crippen molar-refractivity contribution < 1.29 is 18.9 Å². The van der Waals surface area contributed by atoms with Gasteiger partial charge in [-0.25, -0.2) is 0 Å². The molecular weight excluding hydrogens is 733 g/mol. The molecule has 1 aliphatic heterocycles. The Morgan fingerprint density at radius 1 is 0.831 bits per heavy atom. The van der Waals surface area contributed by atoms with E-state index < -0.39 is 0 Å². The standard InChI is InChI=1S/C51H68N4O4/c1-8-11-24-59-46-18-16-44(17-19-46)55(35-37-26-43(33-53-32-37)41-28-48(38-14-15-38)51(58-7)50(30-41)57-6)45-20-22-54(23-21-45)34-36(4)25-42(31-52)40-27-39(12-9-2)47(13-10-3)49(29-40)56-5/h16-19,25-33,38,45H,8-15,20-24,34-35,52H2,1-7H3/b36-25+,42-31+. The Hall–Kier alpha value is -4.95. The molecule has 2 fully saturated rings. The van der Waals surface area contributed by atoms with Gasteiger partial charge in [-0.2, -0.15) is 0 Å². The molecule has 3 aromatic carbocycles. The van der Waals surface area contributed by atoms with Gasteiger partial charge < -0.3 is 29.6 Å². The van der Waals surface area contributed by atoms with Crippen molar-refractivity contribution >= 4 is 11.3 Å². The number of pyridine rings is 1. The van der Waals surface area contributed by atoms with E-state index in [-0.39, 0.29) is 0 Å². The lowest BCUT2D eigenvalue weighted by molar-refractivity contribution is 0.223. The third-order valence-corrected chi connectivity index (χ3v) is 11.9. The second-order valence-corrected chi connectivity index (χ2v) is 16.4. The molecule has 8 heteroatoms. The molecule has 1 aromatic heterocycles. The predicted octanol–water partition coefficient (Wildman–Crippen LogP) is 11.2. The maximum Gasteiger partial charge on any atom is 0.164 e. The quantitative estimate of drug-likeness (QED) is 0.0659. The first-order valence-corrected chi connectivity index (χ1v) is 22.0. The van der Waals surface area contributed by atoms with Crippen LogP contribution in [-0.2, 0) is 19.4 Å². The molecule has 1 saturated carbocycles. The van der Waals surface area contributed by atoms with Crippen LogP contribution in [0.3, 0.4) is 0 Å². The van der Waals surface area contributed by atoms with Gasteiger partial charge in [-0.3, -0.25) is 9.88 Å². The molecule has 59 heavy (non-hydrogen) atoms.